The van der Waals surface area contributed by atoms with E-state index in [0.29, 0.717) is 10.2 Å². The summed E-state index contributed by atoms with van der Waals surface area (Å²) in [5, 5.41) is 0. The van der Waals surface area contributed by atoms with Gasteiger partial charge in [0.1, 0.15) is 21.8 Å². The molecule has 0 aliphatic carbocycles. The van der Waals surface area contributed by atoms with E-state index >= 15 is 0 Å². The molecule has 6 heteroatoms. The summed E-state index contributed by atoms with van der Waals surface area (Å²) in [6.07, 6.45) is 1.41. The number of nitrogens with two attached hydrogens (primary N) is 1. The third-order valence-corrected chi connectivity index (χ3v) is 2.84. The van der Waals surface area contributed by atoms with E-state index in [1.807, 2.05) is 0 Å². The second kappa shape index (κ2) is 4.81. The molecule has 0 fully saturated rings. The first-order chi connectivity index (χ1) is 8.50. The zero-order chi connectivity index (χ0) is 13.3. The van der Waals surface area contributed by atoms with Crippen molar-refractivity contribution < 1.29 is 13.6 Å². The molecule has 1 amide bonds. The Kier molecular flexibility index (Phi) is 3.38. The number of pyridine rings is 1. The number of hydrogen-bond acceptors (Lipinski definition) is 2. The maximum atomic E-state index is 14.0. The topological polar surface area (TPSA) is 56.0 Å². The van der Waals surface area contributed by atoms with Gasteiger partial charge in [0.05, 0.1) is 0 Å². The van der Waals surface area contributed by atoms with Gasteiger partial charge in [-0.25, -0.2) is 13.8 Å². The number of aromatic nitrogens is 1. The van der Waals surface area contributed by atoms with Gasteiger partial charge in [-0.3, -0.25) is 4.79 Å². The van der Waals surface area contributed by atoms with E-state index < -0.39 is 23.1 Å². The van der Waals surface area contributed by atoms with Gasteiger partial charge in [-0.05, 0) is 34.1 Å². The highest BCUT2D eigenvalue weighted by atomic mass is 79.9. The highest BCUT2D eigenvalue weighted by Crippen LogP contribution is 2.26. The molecular formula is C12H7BrF2N2O. The number of hydrogen-bond donors (Lipinski definition) is 1. The van der Waals surface area contributed by atoms with Crippen molar-refractivity contribution in [3.63, 3.8) is 0 Å². The van der Waals surface area contributed by atoms with E-state index in [1.165, 1.54) is 12.3 Å². The molecule has 0 aliphatic rings. The van der Waals surface area contributed by atoms with E-state index in [-0.39, 0.29) is 5.56 Å². The predicted molar refractivity (Wildman–Crippen MR) is 65.8 cm³/mol. The highest BCUT2D eigenvalue weighted by Gasteiger charge is 2.19. The Balaban J connectivity index is 2.62. The number of halogens is 3. The minimum atomic E-state index is -1.14. The second-order valence-corrected chi connectivity index (χ2v) is 4.33. The van der Waals surface area contributed by atoms with Gasteiger partial charge in [-0.1, -0.05) is 6.07 Å². The van der Waals surface area contributed by atoms with Crippen LogP contribution in [-0.2, 0) is 0 Å². The van der Waals surface area contributed by atoms with Crippen LogP contribution in [0, 0.1) is 11.6 Å². The fraction of sp³-hybridized carbons (Fsp3) is 0. The number of amides is 1. The molecule has 0 spiro atoms. The minimum absolute atomic E-state index is 0.0743. The van der Waals surface area contributed by atoms with Crippen molar-refractivity contribution in [2.24, 2.45) is 5.73 Å². The van der Waals surface area contributed by atoms with Gasteiger partial charge in [0.2, 0.25) is 0 Å². The lowest BCUT2D eigenvalue weighted by molar-refractivity contribution is 0.0992. The number of carbonyl (C=O) groups is 1. The molecule has 0 saturated carbocycles. The monoisotopic (exact) mass is 312 g/mol. The standard InChI is InChI=1S/C12H7BrF2N2O/c13-9-4-1-6(5-17-9)7-2-3-8(14)10(11(7)15)12(16)18/h1-5H,(H2,16,18). The number of carbonyl (C=O) groups excluding carboxylic acids is 1. The molecule has 0 saturated heterocycles. The summed E-state index contributed by atoms with van der Waals surface area (Å²) >= 11 is 3.15. The molecule has 2 rings (SSSR count). The minimum Gasteiger partial charge on any atom is -0.365 e. The summed E-state index contributed by atoms with van der Waals surface area (Å²) in [6.45, 7) is 0. The molecule has 2 aromatic rings. The molecule has 0 radical (unpaired) electrons. The van der Waals surface area contributed by atoms with Crippen molar-refractivity contribution in [3.8, 4) is 11.1 Å². The van der Waals surface area contributed by atoms with Gasteiger partial charge in [0.25, 0.3) is 5.91 Å². The Labute approximate surface area is 110 Å². The van der Waals surface area contributed by atoms with E-state index in [4.69, 9.17) is 5.73 Å². The lowest BCUT2D eigenvalue weighted by atomic mass is 10.0. The van der Waals surface area contributed by atoms with E-state index in [0.717, 1.165) is 6.07 Å². The summed E-state index contributed by atoms with van der Waals surface area (Å²) in [5.41, 5.74) is 4.71. The Morgan fingerprint density at radius 2 is 1.94 bits per heavy atom. The van der Waals surface area contributed by atoms with Gasteiger partial charge in [-0.2, -0.15) is 0 Å². The molecule has 1 heterocycles. The average Bonchev–Trinajstić information content (AvgIpc) is 2.30. The fourth-order valence-electron chi connectivity index (χ4n) is 1.54. The number of primary amides is 1. The largest absolute Gasteiger partial charge is 0.365 e. The second-order valence-electron chi connectivity index (χ2n) is 3.52. The summed E-state index contributed by atoms with van der Waals surface area (Å²) in [7, 11) is 0. The van der Waals surface area contributed by atoms with Crippen LogP contribution in [0.1, 0.15) is 10.4 Å². The maximum absolute atomic E-state index is 14.0. The van der Waals surface area contributed by atoms with Gasteiger partial charge in [-0.15, -0.1) is 0 Å². The van der Waals surface area contributed by atoms with Gasteiger partial charge >= 0.3 is 0 Å². The van der Waals surface area contributed by atoms with Crippen LogP contribution in [0.4, 0.5) is 8.78 Å². The van der Waals surface area contributed by atoms with Crippen LogP contribution in [0.25, 0.3) is 11.1 Å². The maximum Gasteiger partial charge on any atom is 0.254 e. The van der Waals surface area contributed by atoms with Crippen LogP contribution in [0.15, 0.2) is 35.1 Å². The molecule has 0 atom stereocenters. The molecule has 2 N–H and O–H groups in total. The van der Waals surface area contributed by atoms with Crippen LogP contribution < -0.4 is 5.73 Å². The van der Waals surface area contributed by atoms with Crippen molar-refractivity contribution in [1.82, 2.24) is 4.98 Å². The predicted octanol–water partition coefficient (Wildman–Crippen LogP) is 2.89. The summed E-state index contributed by atoms with van der Waals surface area (Å²) in [4.78, 5) is 14.9. The molecule has 1 aromatic carbocycles. The number of rotatable bonds is 2. The average molecular weight is 313 g/mol. The van der Waals surface area contributed by atoms with Crippen LogP contribution >= 0.6 is 15.9 Å². The normalized spacial score (nSPS) is 10.4. The van der Waals surface area contributed by atoms with E-state index in [9.17, 15) is 13.6 Å². The third-order valence-electron chi connectivity index (χ3n) is 2.38. The Bertz CT molecular complexity index is 614. The van der Waals surface area contributed by atoms with Crippen LogP contribution in [0.2, 0.25) is 0 Å². The molecule has 1 aromatic heterocycles. The molecule has 3 nitrogen and oxygen atoms in total. The number of benzene rings is 1. The Hall–Kier alpha value is -1.82. The van der Waals surface area contributed by atoms with Crippen molar-refractivity contribution in [1.29, 1.82) is 0 Å². The molecule has 0 unspecified atom stereocenters. The van der Waals surface area contributed by atoms with E-state index in [2.05, 4.69) is 20.9 Å². The van der Waals surface area contributed by atoms with Crippen molar-refractivity contribution >= 4 is 21.8 Å². The first-order valence-corrected chi connectivity index (χ1v) is 5.69. The zero-order valence-electron chi connectivity index (χ0n) is 8.95. The first kappa shape index (κ1) is 12.6. The number of nitrogens with zero attached hydrogens (tertiary/aromatic N) is 1. The fourth-order valence-corrected chi connectivity index (χ4v) is 1.77. The van der Waals surface area contributed by atoms with Gasteiger partial charge < -0.3 is 5.73 Å². The molecule has 18 heavy (non-hydrogen) atoms. The smallest absolute Gasteiger partial charge is 0.254 e. The third kappa shape index (κ3) is 2.24. The first-order valence-electron chi connectivity index (χ1n) is 4.90. The van der Waals surface area contributed by atoms with Crippen LogP contribution in [0.5, 0.6) is 0 Å². The molecule has 0 aliphatic heterocycles. The zero-order valence-corrected chi connectivity index (χ0v) is 10.5. The lowest BCUT2D eigenvalue weighted by Crippen LogP contribution is -2.16. The SMILES string of the molecule is NC(=O)c1c(F)ccc(-c2ccc(Br)nc2)c1F. The van der Waals surface area contributed by atoms with Crippen molar-refractivity contribution in [3.05, 3.63) is 52.3 Å². The van der Waals surface area contributed by atoms with Crippen molar-refractivity contribution in [2.75, 3.05) is 0 Å². The molecule has 0 bridgehead atoms. The van der Waals surface area contributed by atoms with Gasteiger partial charge in [0, 0.05) is 17.3 Å². The van der Waals surface area contributed by atoms with Crippen LogP contribution in [0.3, 0.4) is 0 Å². The molecule has 92 valence electrons. The highest BCUT2D eigenvalue weighted by molar-refractivity contribution is 9.10. The Morgan fingerprint density at radius 1 is 1.22 bits per heavy atom. The quantitative estimate of drug-likeness (QED) is 0.867. The van der Waals surface area contributed by atoms with Crippen LogP contribution in [-0.4, -0.2) is 10.9 Å². The Morgan fingerprint density at radius 3 is 2.50 bits per heavy atom. The van der Waals surface area contributed by atoms with E-state index in [1.54, 1.807) is 12.1 Å². The van der Waals surface area contributed by atoms with Crippen molar-refractivity contribution in [2.45, 2.75) is 0 Å². The summed E-state index contributed by atoms with van der Waals surface area (Å²) in [5.74, 6) is -3.10. The lowest BCUT2D eigenvalue weighted by Gasteiger charge is -2.07. The summed E-state index contributed by atoms with van der Waals surface area (Å²) < 4.78 is 27.9. The molecular weight excluding hydrogens is 306 g/mol. The van der Waals surface area contributed by atoms with Gasteiger partial charge in [0.15, 0.2) is 0 Å². The summed E-state index contributed by atoms with van der Waals surface area (Å²) in [6, 6.07) is 5.45.